The zero-order valence-corrected chi connectivity index (χ0v) is 9.40. The molecular formula is C12H18N2O. The smallest absolute Gasteiger partial charge is 0.0957 e. The topological polar surface area (TPSA) is 38.1 Å². The second kappa shape index (κ2) is 5.57. The number of aryl methyl sites for hydroxylation is 2. The lowest BCUT2D eigenvalue weighted by Crippen LogP contribution is -2.07. The Hall–Kier alpha value is -1.27. The molecule has 3 heteroatoms. The van der Waals surface area contributed by atoms with Crippen molar-refractivity contribution < 1.29 is 5.11 Å². The van der Waals surface area contributed by atoms with E-state index in [9.17, 15) is 5.11 Å². The third kappa shape index (κ3) is 3.10. The Labute approximate surface area is 91.1 Å². The molecule has 0 aliphatic carbocycles. The van der Waals surface area contributed by atoms with Crippen LogP contribution in [0, 0.1) is 19.3 Å². The maximum absolute atomic E-state index is 9.94. The molecule has 1 atom stereocenters. The van der Waals surface area contributed by atoms with Crippen molar-refractivity contribution in [2.75, 3.05) is 0 Å². The Morgan fingerprint density at radius 1 is 1.67 bits per heavy atom. The van der Waals surface area contributed by atoms with Crippen LogP contribution >= 0.6 is 0 Å². The second-order valence-corrected chi connectivity index (χ2v) is 3.64. The first-order valence-electron chi connectivity index (χ1n) is 5.35. The van der Waals surface area contributed by atoms with Gasteiger partial charge >= 0.3 is 0 Å². The summed E-state index contributed by atoms with van der Waals surface area (Å²) in [7, 11) is 0. The van der Waals surface area contributed by atoms with Gasteiger partial charge in [0.2, 0.25) is 0 Å². The molecule has 0 bridgehead atoms. The van der Waals surface area contributed by atoms with Crippen molar-refractivity contribution in [3.63, 3.8) is 0 Å². The van der Waals surface area contributed by atoms with Crippen molar-refractivity contribution in [2.45, 2.75) is 45.8 Å². The maximum Gasteiger partial charge on any atom is 0.0957 e. The van der Waals surface area contributed by atoms with Crippen molar-refractivity contribution in [3.8, 4) is 12.3 Å². The highest BCUT2D eigenvalue weighted by molar-refractivity contribution is 5.11. The van der Waals surface area contributed by atoms with Gasteiger partial charge in [0.15, 0.2) is 0 Å². The Bertz CT molecular complexity index is 349. The number of aromatic nitrogens is 2. The molecule has 3 nitrogen and oxygen atoms in total. The standard InChI is InChI=1S/C12H18N2O/c1-4-6-7-8-12(15)11-9-10(3)13-14(11)5-2/h1,9,12,15H,5-8H2,2-3H3. The SMILES string of the molecule is C#CCCCC(O)c1cc(C)nn1CC. The van der Waals surface area contributed by atoms with Crippen molar-refractivity contribution in [1.29, 1.82) is 0 Å². The number of rotatable bonds is 5. The molecule has 0 aliphatic rings. The Morgan fingerprint density at radius 3 is 3.00 bits per heavy atom. The summed E-state index contributed by atoms with van der Waals surface area (Å²) in [6, 6.07) is 1.93. The zero-order chi connectivity index (χ0) is 11.3. The molecule has 0 aliphatic heterocycles. The summed E-state index contributed by atoms with van der Waals surface area (Å²) in [5.74, 6) is 2.57. The lowest BCUT2D eigenvalue weighted by atomic mass is 10.1. The van der Waals surface area contributed by atoms with Crippen LogP contribution in [-0.4, -0.2) is 14.9 Å². The summed E-state index contributed by atoms with van der Waals surface area (Å²) >= 11 is 0. The third-order valence-corrected chi connectivity index (χ3v) is 2.37. The van der Waals surface area contributed by atoms with Crippen molar-refractivity contribution in [2.24, 2.45) is 0 Å². The number of hydrogen-bond donors (Lipinski definition) is 1. The molecule has 0 saturated carbocycles. The summed E-state index contributed by atoms with van der Waals surface area (Å²) in [5, 5.41) is 14.2. The number of aliphatic hydroxyl groups excluding tert-OH is 1. The molecule has 1 unspecified atom stereocenters. The number of hydrogen-bond acceptors (Lipinski definition) is 2. The lowest BCUT2D eigenvalue weighted by molar-refractivity contribution is 0.154. The minimum atomic E-state index is -0.445. The van der Waals surface area contributed by atoms with Crippen LogP contribution < -0.4 is 0 Å². The predicted molar refractivity (Wildman–Crippen MR) is 60.3 cm³/mol. The van der Waals surface area contributed by atoms with Crippen molar-refractivity contribution in [3.05, 3.63) is 17.5 Å². The van der Waals surface area contributed by atoms with Gasteiger partial charge in [-0.3, -0.25) is 4.68 Å². The molecule has 0 fully saturated rings. The molecule has 82 valence electrons. The number of aliphatic hydroxyl groups is 1. The summed E-state index contributed by atoms with van der Waals surface area (Å²) in [4.78, 5) is 0. The average Bonchev–Trinajstić information content (AvgIpc) is 2.60. The van der Waals surface area contributed by atoms with Crippen LogP contribution in [0.5, 0.6) is 0 Å². The van der Waals surface area contributed by atoms with Crippen LogP contribution in [0.3, 0.4) is 0 Å². The van der Waals surface area contributed by atoms with E-state index in [4.69, 9.17) is 6.42 Å². The maximum atomic E-state index is 9.94. The van der Waals surface area contributed by atoms with Gasteiger partial charge in [-0.05, 0) is 32.8 Å². The molecule has 0 radical (unpaired) electrons. The van der Waals surface area contributed by atoms with E-state index in [1.807, 2.05) is 24.6 Å². The molecule has 1 heterocycles. The molecule has 1 rings (SSSR count). The molecule has 0 saturated heterocycles. The van der Waals surface area contributed by atoms with E-state index >= 15 is 0 Å². The fourth-order valence-electron chi connectivity index (χ4n) is 1.63. The first-order valence-corrected chi connectivity index (χ1v) is 5.35. The van der Waals surface area contributed by atoms with Crippen LogP contribution in [0.25, 0.3) is 0 Å². The second-order valence-electron chi connectivity index (χ2n) is 3.64. The van der Waals surface area contributed by atoms with Crippen LogP contribution in [0.15, 0.2) is 6.07 Å². The minimum absolute atomic E-state index is 0.445. The van der Waals surface area contributed by atoms with E-state index in [0.717, 1.165) is 30.8 Å². The van der Waals surface area contributed by atoms with Gasteiger partial charge in [-0.25, -0.2) is 0 Å². The molecule has 1 N–H and O–H groups in total. The fraction of sp³-hybridized carbons (Fsp3) is 0.583. The molecule has 1 aromatic rings. The molecular weight excluding hydrogens is 188 g/mol. The summed E-state index contributed by atoms with van der Waals surface area (Å²) < 4.78 is 1.84. The first kappa shape index (κ1) is 11.8. The van der Waals surface area contributed by atoms with Crippen LogP contribution in [0.1, 0.15) is 43.7 Å². The Morgan fingerprint density at radius 2 is 2.40 bits per heavy atom. The van der Waals surface area contributed by atoms with Gasteiger partial charge < -0.3 is 5.11 Å². The van der Waals surface area contributed by atoms with E-state index in [2.05, 4.69) is 11.0 Å². The summed E-state index contributed by atoms with van der Waals surface area (Å²) in [6.45, 7) is 4.74. The van der Waals surface area contributed by atoms with Gasteiger partial charge in [0.25, 0.3) is 0 Å². The number of unbranched alkanes of at least 4 members (excludes halogenated alkanes) is 1. The Kier molecular flexibility index (Phi) is 4.38. The van der Waals surface area contributed by atoms with Crippen molar-refractivity contribution in [1.82, 2.24) is 9.78 Å². The molecule has 0 spiro atoms. The van der Waals surface area contributed by atoms with E-state index in [1.54, 1.807) is 0 Å². The van der Waals surface area contributed by atoms with Crippen LogP contribution in [-0.2, 0) is 6.54 Å². The summed E-state index contributed by atoms with van der Waals surface area (Å²) in [5.41, 5.74) is 1.84. The monoisotopic (exact) mass is 206 g/mol. The van der Waals surface area contributed by atoms with E-state index < -0.39 is 6.10 Å². The van der Waals surface area contributed by atoms with E-state index in [0.29, 0.717) is 6.42 Å². The molecule has 0 aromatic carbocycles. The van der Waals surface area contributed by atoms with E-state index in [-0.39, 0.29) is 0 Å². The highest BCUT2D eigenvalue weighted by Crippen LogP contribution is 2.19. The number of nitrogens with zero attached hydrogens (tertiary/aromatic N) is 2. The van der Waals surface area contributed by atoms with Gasteiger partial charge in [-0.1, -0.05) is 0 Å². The minimum Gasteiger partial charge on any atom is -0.387 e. The van der Waals surface area contributed by atoms with Gasteiger partial charge in [-0.2, -0.15) is 5.10 Å². The lowest BCUT2D eigenvalue weighted by Gasteiger charge is -2.11. The van der Waals surface area contributed by atoms with Gasteiger partial charge in [0, 0.05) is 13.0 Å². The Balaban J connectivity index is 2.64. The largest absolute Gasteiger partial charge is 0.387 e. The molecule has 0 amide bonds. The zero-order valence-electron chi connectivity index (χ0n) is 9.40. The highest BCUT2D eigenvalue weighted by Gasteiger charge is 2.13. The fourth-order valence-corrected chi connectivity index (χ4v) is 1.63. The van der Waals surface area contributed by atoms with Gasteiger partial charge in [0.1, 0.15) is 0 Å². The molecule has 1 aromatic heterocycles. The quantitative estimate of drug-likeness (QED) is 0.591. The highest BCUT2D eigenvalue weighted by atomic mass is 16.3. The normalized spacial score (nSPS) is 12.4. The molecule has 15 heavy (non-hydrogen) atoms. The van der Waals surface area contributed by atoms with Crippen LogP contribution in [0.2, 0.25) is 0 Å². The number of terminal acetylenes is 1. The van der Waals surface area contributed by atoms with E-state index in [1.165, 1.54) is 0 Å². The van der Waals surface area contributed by atoms with Gasteiger partial charge in [0.05, 0.1) is 17.5 Å². The average molecular weight is 206 g/mol. The van der Waals surface area contributed by atoms with Crippen LogP contribution in [0.4, 0.5) is 0 Å². The van der Waals surface area contributed by atoms with Crippen molar-refractivity contribution >= 4 is 0 Å². The van der Waals surface area contributed by atoms with Gasteiger partial charge in [-0.15, -0.1) is 12.3 Å². The first-order chi connectivity index (χ1) is 7.19. The third-order valence-electron chi connectivity index (χ3n) is 2.37. The summed E-state index contributed by atoms with van der Waals surface area (Å²) in [6.07, 6.45) is 6.99. The predicted octanol–water partition coefficient (Wildman–Crippen LogP) is 2.05.